The molecule has 0 bridgehead atoms. The molecule has 2 rings (SSSR count). The van der Waals surface area contributed by atoms with Gasteiger partial charge in [0.1, 0.15) is 5.82 Å². The number of rotatable bonds is 3. The Labute approximate surface area is 87.7 Å². The number of halogens is 1. The average Bonchev–Trinajstić information content (AvgIpc) is 2.22. The third-order valence-corrected chi connectivity index (χ3v) is 2.67. The quantitative estimate of drug-likeness (QED) is 0.755. The van der Waals surface area contributed by atoms with E-state index in [-0.39, 0.29) is 17.8 Å². The topological polar surface area (TPSA) is 46.3 Å². The summed E-state index contributed by atoms with van der Waals surface area (Å²) in [7, 11) is 0. The molecule has 0 radical (unpaired) electrons. The second-order valence-corrected chi connectivity index (χ2v) is 3.65. The Morgan fingerprint density at radius 1 is 1.53 bits per heavy atom. The van der Waals surface area contributed by atoms with Gasteiger partial charge in [-0.05, 0) is 17.7 Å². The van der Waals surface area contributed by atoms with Crippen LogP contribution in [-0.2, 0) is 4.79 Å². The van der Waals surface area contributed by atoms with Crippen LogP contribution in [0.25, 0.3) is 0 Å². The number of nitrogens with two attached hydrogens (primary N) is 1. The zero-order chi connectivity index (χ0) is 10.8. The van der Waals surface area contributed by atoms with Crippen molar-refractivity contribution in [3.63, 3.8) is 0 Å². The van der Waals surface area contributed by atoms with Gasteiger partial charge in [0.25, 0.3) is 0 Å². The molecule has 15 heavy (non-hydrogen) atoms. The zero-order valence-corrected chi connectivity index (χ0v) is 8.32. The maximum absolute atomic E-state index is 13.0. The van der Waals surface area contributed by atoms with Gasteiger partial charge in [-0.1, -0.05) is 12.1 Å². The van der Waals surface area contributed by atoms with Crippen molar-refractivity contribution in [1.82, 2.24) is 4.90 Å². The van der Waals surface area contributed by atoms with Gasteiger partial charge in [-0.2, -0.15) is 0 Å². The minimum Gasteiger partial charge on any atom is -0.334 e. The first-order valence-corrected chi connectivity index (χ1v) is 4.97. The van der Waals surface area contributed by atoms with Gasteiger partial charge in [-0.15, -0.1) is 0 Å². The predicted molar refractivity (Wildman–Crippen MR) is 54.5 cm³/mol. The highest BCUT2D eigenvalue weighted by atomic mass is 19.1. The molecule has 0 aliphatic carbocycles. The molecule has 1 aromatic carbocycles. The molecule has 1 aliphatic heterocycles. The lowest BCUT2D eigenvalue weighted by atomic mass is 9.94. The molecule has 2 N–H and O–H groups in total. The molecular formula is C11H13FN2O. The number of nitrogens with zero attached hydrogens (tertiary/aromatic N) is 1. The standard InChI is InChI=1S/C11H13FN2O/c12-9-3-1-2-8(6-9)10-7-11(15)14(10)5-4-13/h1-3,6,10H,4-5,7,13H2. The Bertz CT molecular complexity index is 381. The van der Waals surface area contributed by atoms with Crippen molar-refractivity contribution in [3.05, 3.63) is 35.6 Å². The van der Waals surface area contributed by atoms with Crippen molar-refractivity contribution >= 4 is 5.91 Å². The van der Waals surface area contributed by atoms with Crippen molar-refractivity contribution in [2.75, 3.05) is 13.1 Å². The summed E-state index contributed by atoms with van der Waals surface area (Å²) in [4.78, 5) is 13.0. The number of β-lactam (4-membered cyclic amide) rings is 1. The fourth-order valence-electron chi connectivity index (χ4n) is 1.89. The predicted octanol–water partition coefficient (Wildman–Crippen LogP) is 1.06. The summed E-state index contributed by atoms with van der Waals surface area (Å²) in [6.45, 7) is 0.984. The van der Waals surface area contributed by atoms with Gasteiger partial charge in [0.2, 0.25) is 5.91 Å². The summed E-state index contributed by atoms with van der Waals surface area (Å²) >= 11 is 0. The largest absolute Gasteiger partial charge is 0.334 e. The highest BCUT2D eigenvalue weighted by Crippen LogP contribution is 2.33. The fraction of sp³-hybridized carbons (Fsp3) is 0.364. The molecule has 1 unspecified atom stereocenters. The van der Waals surface area contributed by atoms with Crippen LogP contribution in [0.2, 0.25) is 0 Å². The van der Waals surface area contributed by atoms with Crippen LogP contribution < -0.4 is 5.73 Å². The van der Waals surface area contributed by atoms with E-state index in [1.54, 1.807) is 11.0 Å². The third kappa shape index (κ3) is 1.85. The molecule has 80 valence electrons. The van der Waals surface area contributed by atoms with Crippen LogP contribution in [0, 0.1) is 5.82 Å². The Morgan fingerprint density at radius 2 is 2.33 bits per heavy atom. The first-order valence-electron chi connectivity index (χ1n) is 4.97. The third-order valence-electron chi connectivity index (χ3n) is 2.67. The number of amides is 1. The summed E-state index contributed by atoms with van der Waals surface area (Å²) in [5.74, 6) is -0.172. The molecular weight excluding hydrogens is 195 g/mol. The number of likely N-dealkylation sites (tertiary alicyclic amines) is 1. The lowest BCUT2D eigenvalue weighted by molar-refractivity contribution is -0.146. The van der Waals surface area contributed by atoms with E-state index in [1.807, 2.05) is 6.07 Å². The second kappa shape index (κ2) is 3.98. The van der Waals surface area contributed by atoms with E-state index in [0.29, 0.717) is 19.5 Å². The Kier molecular flexibility index (Phi) is 2.68. The SMILES string of the molecule is NCCN1C(=O)CC1c1cccc(F)c1. The Balaban J connectivity index is 2.15. The van der Waals surface area contributed by atoms with E-state index in [4.69, 9.17) is 5.73 Å². The van der Waals surface area contributed by atoms with Gasteiger partial charge in [-0.3, -0.25) is 4.79 Å². The van der Waals surface area contributed by atoms with Crippen LogP contribution in [0.1, 0.15) is 18.0 Å². The van der Waals surface area contributed by atoms with Gasteiger partial charge in [0.15, 0.2) is 0 Å². The van der Waals surface area contributed by atoms with Crippen molar-refractivity contribution in [2.24, 2.45) is 5.73 Å². The monoisotopic (exact) mass is 208 g/mol. The Morgan fingerprint density at radius 3 is 2.93 bits per heavy atom. The smallest absolute Gasteiger partial charge is 0.225 e. The molecule has 1 saturated heterocycles. The van der Waals surface area contributed by atoms with Crippen LogP contribution in [0.5, 0.6) is 0 Å². The van der Waals surface area contributed by atoms with Crippen LogP contribution in [-0.4, -0.2) is 23.9 Å². The second-order valence-electron chi connectivity index (χ2n) is 3.65. The number of carbonyl (C=O) groups is 1. The molecule has 0 aromatic heterocycles. The first kappa shape index (κ1) is 10.1. The summed E-state index contributed by atoms with van der Waals surface area (Å²) in [6, 6.07) is 6.38. The van der Waals surface area contributed by atoms with Crippen LogP contribution in [0.4, 0.5) is 4.39 Å². The Hall–Kier alpha value is -1.42. The highest BCUT2D eigenvalue weighted by Gasteiger charge is 2.36. The average molecular weight is 208 g/mol. The summed E-state index contributed by atoms with van der Waals surface area (Å²) in [6.07, 6.45) is 0.462. The van der Waals surface area contributed by atoms with E-state index < -0.39 is 0 Å². The van der Waals surface area contributed by atoms with Crippen molar-refractivity contribution < 1.29 is 9.18 Å². The summed E-state index contributed by atoms with van der Waals surface area (Å²) in [5, 5.41) is 0. The van der Waals surface area contributed by atoms with Gasteiger partial charge in [0.05, 0.1) is 12.5 Å². The minimum atomic E-state index is -0.264. The zero-order valence-electron chi connectivity index (χ0n) is 8.32. The fourth-order valence-corrected chi connectivity index (χ4v) is 1.89. The number of hydrogen-bond acceptors (Lipinski definition) is 2. The molecule has 1 amide bonds. The molecule has 1 atom stereocenters. The van der Waals surface area contributed by atoms with Crippen LogP contribution in [0.3, 0.4) is 0 Å². The van der Waals surface area contributed by atoms with E-state index in [2.05, 4.69) is 0 Å². The molecule has 0 spiro atoms. The molecule has 0 saturated carbocycles. The first-order chi connectivity index (χ1) is 7.22. The van der Waals surface area contributed by atoms with Crippen LogP contribution >= 0.6 is 0 Å². The number of carbonyl (C=O) groups excluding carboxylic acids is 1. The normalized spacial score (nSPS) is 20.3. The van der Waals surface area contributed by atoms with Gasteiger partial charge >= 0.3 is 0 Å². The van der Waals surface area contributed by atoms with E-state index in [0.717, 1.165) is 5.56 Å². The van der Waals surface area contributed by atoms with Crippen molar-refractivity contribution in [3.8, 4) is 0 Å². The lowest BCUT2D eigenvalue weighted by Gasteiger charge is -2.40. The van der Waals surface area contributed by atoms with Gasteiger partial charge in [0, 0.05) is 13.1 Å². The van der Waals surface area contributed by atoms with Gasteiger partial charge in [-0.25, -0.2) is 4.39 Å². The minimum absolute atomic E-state index is 0.0109. The van der Waals surface area contributed by atoms with E-state index in [1.165, 1.54) is 12.1 Å². The van der Waals surface area contributed by atoms with Crippen molar-refractivity contribution in [1.29, 1.82) is 0 Å². The van der Waals surface area contributed by atoms with E-state index >= 15 is 0 Å². The molecule has 1 aromatic rings. The molecule has 3 nitrogen and oxygen atoms in total. The summed E-state index contributed by atoms with van der Waals surface area (Å²) in [5.41, 5.74) is 6.25. The maximum Gasteiger partial charge on any atom is 0.225 e. The lowest BCUT2D eigenvalue weighted by Crippen LogP contribution is -2.48. The maximum atomic E-state index is 13.0. The molecule has 1 aliphatic rings. The van der Waals surface area contributed by atoms with Crippen molar-refractivity contribution in [2.45, 2.75) is 12.5 Å². The number of hydrogen-bond donors (Lipinski definition) is 1. The molecule has 1 fully saturated rings. The highest BCUT2D eigenvalue weighted by molar-refractivity contribution is 5.83. The molecule has 1 heterocycles. The molecule has 4 heteroatoms. The summed E-state index contributed by atoms with van der Waals surface area (Å²) < 4.78 is 13.0. The van der Waals surface area contributed by atoms with E-state index in [9.17, 15) is 9.18 Å². The van der Waals surface area contributed by atoms with Gasteiger partial charge < -0.3 is 10.6 Å². The van der Waals surface area contributed by atoms with Crippen LogP contribution in [0.15, 0.2) is 24.3 Å². The number of benzene rings is 1.